The molecule has 150 valence electrons. The van der Waals surface area contributed by atoms with Crippen LogP contribution in [0.2, 0.25) is 0 Å². The number of nitrogens with zero attached hydrogens (tertiary/aromatic N) is 4. The van der Waals surface area contributed by atoms with Gasteiger partial charge in [0.15, 0.2) is 5.78 Å². The molecule has 2 aliphatic rings. The van der Waals surface area contributed by atoms with Crippen LogP contribution in [-0.4, -0.2) is 63.5 Å². The summed E-state index contributed by atoms with van der Waals surface area (Å²) in [6.07, 6.45) is 8.16. The van der Waals surface area contributed by atoms with E-state index in [4.69, 9.17) is 0 Å². The van der Waals surface area contributed by atoms with Crippen molar-refractivity contribution in [3.63, 3.8) is 0 Å². The van der Waals surface area contributed by atoms with Gasteiger partial charge in [0.25, 0.3) is 5.91 Å². The van der Waals surface area contributed by atoms with Crippen LogP contribution in [0.5, 0.6) is 0 Å². The average Bonchev–Trinajstić information content (AvgIpc) is 3.25. The molecule has 0 unspecified atom stereocenters. The molecule has 0 spiro atoms. The lowest BCUT2D eigenvalue weighted by Gasteiger charge is -2.34. The van der Waals surface area contributed by atoms with Crippen LogP contribution in [0.3, 0.4) is 0 Å². The Bertz CT molecular complexity index is 921. The normalized spacial score (nSPS) is 15.9. The Balaban J connectivity index is 1.26. The summed E-state index contributed by atoms with van der Waals surface area (Å²) in [5.41, 5.74) is 3.63. The molecular formula is C22H24N4O3. The van der Waals surface area contributed by atoms with E-state index in [1.54, 1.807) is 9.80 Å². The molecule has 0 saturated carbocycles. The molecule has 1 aromatic carbocycles. The predicted octanol–water partition coefficient (Wildman–Crippen LogP) is 1.91. The fourth-order valence-electron chi connectivity index (χ4n) is 4.00. The number of Topliss-reactive ketones (excluding diaryl/α,β-unsaturated/α-hetero) is 1. The fourth-order valence-corrected chi connectivity index (χ4v) is 4.00. The van der Waals surface area contributed by atoms with E-state index >= 15 is 0 Å². The molecule has 1 aliphatic carbocycles. The first kappa shape index (κ1) is 19.2. The third-order valence-corrected chi connectivity index (χ3v) is 5.69. The van der Waals surface area contributed by atoms with Crippen molar-refractivity contribution in [3.8, 4) is 0 Å². The molecule has 2 heterocycles. The first-order chi connectivity index (χ1) is 14.1. The molecule has 2 amide bonds. The molecule has 0 N–H and O–H groups in total. The lowest BCUT2D eigenvalue weighted by atomic mass is 10.0. The summed E-state index contributed by atoms with van der Waals surface area (Å²) in [5.74, 6) is -0.187. The van der Waals surface area contributed by atoms with Crippen LogP contribution in [0.25, 0.3) is 0 Å². The van der Waals surface area contributed by atoms with E-state index in [1.165, 1.54) is 29.7 Å². The van der Waals surface area contributed by atoms with Crippen LogP contribution < -0.4 is 0 Å². The maximum atomic E-state index is 12.5. The van der Waals surface area contributed by atoms with Crippen LogP contribution >= 0.6 is 0 Å². The zero-order valence-electron chi connectivity index (χ0n) is 16.3. The van der Waals surface area contributed by atoms with E-state index in [9.17, 15) is 14.4 Å². The number of hydrogen-bond acceptors (Lipinski definition) is 5. The van der Waals surface area contributed by atoms with Crippen LogP contribution in [-0.2, 0) is 17.6 Å². The highest BCUT2D eigenvalue weighted by Gasteiger charge is 2.26. The van der Waals surface area contributed by atoms with Gasteiger partial charge in [-0.3, -0.25) is 19.4 Å². The summed E-state index contributed by atoms with van der Waals surface area (Å²) in [6, 6.07) is 5.92. The van der Waals surface area contributed by atoms with Gasteiger partial charge in [-0.05, 0) is 36.5 Å². The van der Waals surface area contributed by atoms with Crippen LogP contribution in [0.1, 0.15) is 51.2 Å². The SMILES string of the molecule is O=C(CCC(=O)N1CCN(C(=O)c2cnccn2)CC1)c1ccc2c(c1)CCC2. The number of aryl methyl sites for hydroxylation is 2. The summed E-state index contributed by atoms with van der Waals surface area (Å²) in [6.45, 7) is 1.86. The number of benzene rings is 1. The number of ketones is 1. The highest BCUT2D eigenvalue weighted by Crippen LogP contribution is 2.23. The molecule has 1 fully saturated rings. The molecule has 29 heavy (non-hydrogen) atoms. The summed E-state index contributed by atoms with van der Waals surface area (Å²) >= 11 is 0. The molecule has 1 saturated heterocycles. The second-order valence-electron chi connectivity index (χ2n) is 7.52. The summed E-state index contributed by atoms with van der Waals surface area (Å²) in [4.78, 5) is 48.8. The molecule has 1 aromatic heterocycles. The van der Waals surface area contributed by atoms with E-state index in [0.717, 1.165) is 19.3 Å². The quantitative estimate of drug-likeness (QED) is 0.726. The second-order valence-corrected chi connectivity index (χ2v) is 7.52. The third-order valence-electron chi connectivity index (χ3n) is 5.69. The number of fused-ring (bicyclic) bond motifs is 1. The number of rotatable bonds is 5. The van der Waals surface area contributed by atoms with Gasteiger partial charge in [-0.15, -0.1) is 0 Å². The van der Waals surface area contributed by atoms with Crippen molar-refractivity contribution in [1.82, 2.24) is 19.8 Å². The van der Waals surface area contributed by atoms with E-state index in [1.807, 2.05) is 18.2 Å². The van der Waals surface area contributed by atoms with Crippen molar-refractivity contribution in [2.45, 2.75) is 32.1 Å². The summed E-state index contributed by atoms with van der Waals surface area (Å²) in [7, 11) is 0. The van der Waals surface area contributed by atoms with E-state index < -0.39 is 0 Å². The van der Waals surface area contributed by atoms with Crippen LogP contribution in [0.4, 0.5) is 0 Å². The molecule has 0 atom stereocenters. The number of aromatic nitrogens is 2. The summed E-state index contributed by atoms with van der Waals surface area (Å²) < 4.78 is 0. The van der Waals surface area contributed by atoms with E-state index in [2.05, 4.69) is 9.97 Å². The lowest BCUT2D eigenvalue weighted by molar-refractivity contribution is -0.132. The van der Waals surface area contributed by atoms with Crippen molar-refractivity contribution in [2.24, 2.45) is 0 Å². The molecule has 1 aliphatic heterocycles. The van der Waals surface area contributed by atoms with Gasteiger partial charge < -0.3 is 9.80 Å². The Kier molecular flexibility index (Phi) is 5.64. The molecule has 0 bridgehead atoms. The first-order valence-corrected chi connectivity index (χ1v) is 10.1. The topological polar surface area (TPSA) is 83.5 Å². The van der Waals surface area contributed by atoms with Gasteiger partial charge in [0, 0.05) is 57.0 Å². The highest BCUT2D eigenvalue weighted by molar-refractivity contribution is 5.98. The number of carbonyl (C=O) groups excluding carboxylic acids is 3. The zero-order chi connectivity index (χ0) is 20.2. The van der Waals surface area contributed by atoms with Crippen molar-refractivity contribution < 1.29 is 14.4 Å². The molecule has 0 radical (unpaired) electrons. The standard InChI is InChI=1S/C22H24N4O3/c27-20(18-5-4-16-2-1-3-17(16)14-18)6-7-21(28)25-10-12-26(13-11-25)22(29)19-15-23-8-9-24-19/h4-5,8-9,14-15H,1-3,6-7,10-13H2. The van der Waals surface area contributed by atoms with Crippen molar-refractivity contribution >= 4 is 17.6 Å². The van der Waals surface area contributed by atoms with Crippen LogP contribution in [0, 0.1) is 0 Å². The minimum Gasteiger partial charge on any atom is -0.339 e. The molecule has 7 nitrogen and oxygen atoms in total. The summed E-state index contributed by atoms with van der Waals surface area (Å²) in [5, 5.41) is 0. The minimum atomic E-state index is -0.169. The number of piperazine rings is 1. The van der Waals surface area contributed by atoms with Crippen molar-refractivity contribution in [1.29, 1.82) is 0 Å². The van der Waals surface area contributed by atoms with E-state index in [0.29, 0.717) is 37.4 Å². The Labute approximate surface area is 169 Å². The molecular weight excluding hydrogens is 368 g/mol. The Morgan fingerprint density at radius 2 is 1.66 bits per heavy atom. The minimum absolute atomic E-state index is 0.0181. The van der Waals surface area contributed by atoms with Gasteiger partial charge in [-0.2, -0.15) is 0 Å². The average molecular weight is 392 g/mol. The molecule has 7 heteroatoms. The molecule has 2 aromatic rings. The molecule has 4 rings (SSSR count). The number of hydrogen-bond donors (Lipinski definition) is 0. The van der Waals surface area contributed by atoms with Gasteiger partial charge in [-0.25, -0.2) is 4.98 Å². The number of carbonyl (C=O) groups is 3. The van der Waals surface area contributed by atoms with Gasteiger partial charge in [0.1, 0.15) is 5.69 Å². The Hall–Kier alpha value is -3.09. The lowest BCUT2D eigenvalue weighted by Crippen LogP contribution is -2.50. The first-order valence-electron chi connectivity index (χ1n) is 10.1. The van der Waals surface area contributed by atoms with Gasteiger partial charge in [-0.1, -0.05) is 12.1 Å². The van der Waals surface area contributed by atoms with E-state index in [-0.39, 0.29) is 30.4 Å². The smallest absolute Gasteiger partial charge is 0.274 e. The maximum Gasteiger partial charge on any atom is 0.274 e. The Morgan fingerprint density at radius 3 is 2.41 bits per heavy atom. The Morgan fingerprint density at radius 1 is 0.897 bits per heavy atom. The number of amides is 2. The monoisotopic (exact) mass is 392 g/mol. The van der Waals surface area contributed by atoms with Gasteiger partial charge >= 0.3 is 0 Å². The van der Waals surface area contributed by atoms with Crippen LogP contribution in [0.15, 0.2) is 36.8 Å². The predicted molar refractivity (Wildman–Crippen MR) is 107 cm³/mol. The van der Waals surface area contributed by atoms with Gasteiger partial charge in [0.05, 0.1) is 6.20 Å². The van der Waals surface area contributed by atoms with Crippen molar-refractivity contribution in [2.75, 3.05) is 26.2 Å². The van der Waals surface area contributed by atoms with Gasteiger partial charge in [0.2, 0.25) is 5.91 Å². The fraction of sp³-hybridized carbons (Fsp3) is 0.409. The zero-order valence-corrected chi connectivity index (χ0v) is 16.3. The van der Waals surface area contributed by atoms with Crippen molar-refractivity contribution in [3.05, 3.63) is 59.2 Å². The maximum absolute atomic E-state index is 12.5. The second kappa shape index (κ2) is 8.51. The highest BCUT2D eigenvalue weighted by atomic mass is 16.2. The largest absolute Gasteiger partial charge is 0.339 e. The third kappa shape index (κ3) is 4.34.